The Morgan fingerprint density at radius 1 is 0.500 bits per heavy atom. The Morgan fingerprint density at radius 2 is 0.692 bits per heavy atom. The molecule has 0 radical (unpaired) electrons. The lowest BCUT2D eigenvalue weighted by atomic mass is 9.76. The van der Waals surface area contributed by atoms with E-state index in [9.17, 15) is 9.90 Å². The second-order valence-corrected chi connectivity index (χ2v) is 7.85. The van der Waals surface area contributed by atoms with Crippen LogP contribution in [0.1, 0.15) is 72.7 Å². The van der Waals surface area contributed by atoms with Gasteiger partial charge in [0, 0.05) is 0 Å². The minimum Gasteiger partial charge on any atom is -0.481 e. The van der Waals surface area contributed by atoms with Gasteiger partial charge in [0.1, 0.15) is 5.92 Å². The van der Waals surface area contributed by atoms with Crippen molar-refractivity contribution in [1.82, 2.24) is 0 Å². The molecule has 0 atom stereocenters. The molecule has 26 heavy (non-hydrogen) atoms. The number of hydrogen-bond acceptors (Lipinski definition) is 1. The van der Waals surface area contributed by atoms with Crippen LogP contribution in [0.15, 0.2) is 0 Å². The summed E-state index contributed by atoms with van der Waals surface area (Å²) in [6, 6.07) is 0. The van der Waals surface area contributed by atoms with Crippen molar-refractivity contribution in [2.75, 3.05) is 0 Å². The minimum absolute atomic E-state index is 0.633. The Kier molecular flexibility index (Phi) is 5.37. The fourth-order valence-electron chi connectivity index (χ4n) is 4.32. The zero-order chi connectivity index (χ0) is 20.1. The van der Waals surface area contributed by atoms with Crippen LogP contribution in [0.3, 0.4) is 0 Å². The van der Waals surface area contributed by atoms with Gasteiger partial charge in [0.2, 0.25) is 0 Å². The summed E-state index contributed by atoms with van der Waals surface area (Å²) in [5, 5.41) is 10.3. The van der Waals surface area contributed by atoms with E-state index in [0.717, 1.165) is 33.4 Å². The molecule has 140 valence electrons. The summed E-state index contributed by atoms with van der Waals surface area (Å²) in [5.41, 5.74) is 13.7. The Labute approximate surface area is 158 Å². The number of benzene rings is 2. The number of carbonyl (C=O) groups is 1. The zero-order valence-electron chi connectivity index (χ0n) is 17.9. The monoisotopic (exact) mass is 352 g/mol. The normalized spacial score (nSPS) is 11.3. The van der Waals surface area contributed by atoms with Crippen LogP contribution in [-0.4, -0.2) is 11.1 Å². The van der Waals surface area contributed by atoms with Crippen LogP contribution >= 0.6 is 0 Å². The van der Waals surface area contributed by atoms with Crippen LogP contribution in [0.2, 0.25) is 0 Å². The average molecular weight is 353 g/mol. The smallest absolute Gasteiger partial charge is 0.315 e. The molecule has 2 rings (SSSR count). The standard InChI is InChI=1S/C24H32O2/c1-11-13(3)17(7)21(18(8)14(11)4)23(24(25)26)22-19(9)15(5)12(2)16(6)20(22)10/h23H,1-10H3,(H,25,26). The summed E-state index contributed by atoms with van der Waals surface area (Å²) in [7, 11) is 0. The van der Waals surface area contributed by atoms with Crippen LogP contribution in [0, 0.1) is 69.2 Å². The number of aliphatic carboxylic acids is 1. The summed E-state index contributed by atoms with van der Waals surface area (Å²) in [4.78, 5) is 12.5. The first-order valence-electron chi connectivity index (χ1n) is 9.29. The maximum atomic E-state index is 12.5. The third-order valence-corrected chi connectivity index (χ3v) is 6.94. The Hall–Kier alpha value is -2.09. The van der Waals surface area contributed by atoms with Gasteiger partial charge in [-0.15, -0.1) is 0 Å². The first-order chi connectivity index (χ1) is 11.9. The molecule has 0 bridgehead atoms. The van der Waals surface area contributed by atoms with E-state index in [1.165, 1.54) is 33.4 Å². The summed E-state index contributed by atoms with van der Waals surface area (Å²) < 4.78 is 0. The summed E-state index contributed by atoms with van der Waals surface area (Å²) in [6.45, 7) is 20.9. The molecule has 0 spiro atoms. The van der Waals surface area contributed by atoms with Crippen molar-refractivity contribution in [2.45, 2.75) is 75.2 Å². The Balaban J connectivity index is 2.99. The third kappa shape index (κ3) is 2.86. The second-order valence-electron chi connectivity index (χ2n) is 7.85. The average Bonchev–Trinajstić information content (AvgIpc) is 2.60. The van der Waals surface area contributed by atoms with E-state index in [4.69, 9.17) is 0 Å². The van der Waals surface area contributed by atoms with Crippen molar-refractivity contribution in [2.24, 2.45) is 0 Å². The van der Waals surface area contributed by atoms with Gasteiger partial charge < -0.3 is 5.11 Å². The zero-order valence-corrected chi connectivity index (χ0v) is 17.9. The summed E-state index contributed by atoms with van der Waals surface area (Å²) in [5.74, 6) is -1.40. The summed E-state index contributed by atoms with van der Waals surface area (Å²) in [6.07, 6.45) is 0. The molecule has 2 nitrogen and oxygen atoms in total. The van der Waals surface area contributed by atoms with Crippen molar-refractivity contribution < 1.29 is 9.90 Å². The van der Waals surface area contributed by atoms with Gasteiger partial charge in [0.25, 0.3) is 0 Å². The van der Waals surface area contributed by atoms with Gasteiger partial charge in [0.05, 0.1) is 0 Å². The van der Waals surface area contributed by atoms with Crippen molar-refractivity contribution >= 4 is 5.97 Å². The highest BCUT2D eigenvalue weighted by molar-refractivity contribution is 5.84. The molecule has 1 N–H and O–H groups in total. The van der Waals surface area contributed by atoms with Gasteiger partial charge in [-0.2, -0.15) is 0 Å². The highest BCUT2D eigenvalue weighted by Crippen LogP contribution is 2.40. The number of rotatable bonds is 3. The first-order valence-corrected chi connectivity index (χ1v) is 9.29. The van der Waals surface area contributed by atoms with Crippen molar-refractivity contribution in [3.8, 4) is 0 Å². The lowest BCUT2D eigenvalue weighted by Crippen LogP contribution is -2.21. The topological polar surface area (TPSA) is 37.3 Å². The van der Waals surface area contributed by atoms with E-state index < -0.39 is 11.9 Å². The van der Waals surface area contributed by atoms with Crippen molar-refractivity contribution in [3.05, 3.63) is 66.8 Å². The molecule has 2 aromatic rings. The highest BCUT2D eigenvalue weighted by Gasteiger charge is 2.31. The van der Waals surface area contributed by atoms with Crippen molar-refractivity contribution in [3.63, 3.8) is 0 Å². The highest BCUT2D eigenvalue weighted by atomic mass is 16.4. The van der Waals surface area contributed by atoms with Gasteiger partial charge in [-0.25, -0.2) is 0 Å². The Morgan fingerprint density at radius 3 is 0.885 bits per heavy atom. The van der Waals surface area contributed by atoms with E-state index in [1.54, 1.807) is 0 Å². The lowest BCUT2D eigenvalue weighted by Gasteiger charge is -2.28. The predicted molar refractivity (Wildman–Crippen MR) is 110 cm³/mol. The van der Waals surface area contributed by atoms with E-state index in [-0.39, 0.29) is 0 Å². The van der Waals surface area contributed by atoms with Crippen LogP contribution in [0.25, 0.3) is 0 Å². The fraction of sp³-hybridized carbons (Fsp3) is 0.458. The largest absolute Gasteiger partial charge is 0.481 e. The Bertz CT molecular complexity index is 789. The summed E-state index contributed by atoms with van der Waals surface area (Å²) >= 11 is 0. The maximum absolute atomic E-state index is 12.5. The van der Waals surface area contributed by atoms with Gasteiger partial charge in [-0.05, 0) is 136 Å². The molecular formula is C24H32O2. The van der Waals surface area contributed by atoms with E-state index in [1.807, 2.05) is 0 Å². The van der Waals surface area contributed by atoms with Crippen LogP contribution in [0.4, 0.5) is 0 Å². The van der Waals surface area contributed by atoms with Crippen LogP contribution in [0.5, 0.6) is 0 Å². The first kappa shape index (κ1) is 20.2. The van der Waals surface area contributed by atoms with E-state index in [0.29, 0.717) is 0 Å². The maximum Gasteiger partial charge on any atom is 0.315 e. The molecule has 2 heteroatoms. The van der Waals surface area contributed by atoms with E-state index in [2.05, 4.69) is 69.2 Å². The van der Waals surface area contributed by atoms with E-state index >= 15 is 0 Å². The molecule has 0 unspecified atom stereocenters. The fourth-order valence-corrected chi connectivity index (χ4v) is 4.32. The molecule has 0 aliphatic heterocycles. The molecule has 0 amide bonds. The molecule has 0 saturated heterocycles. The molecule has 2 aromatic carbocycles. The molecule has 0 aliphatic rings. The molecule has 0 heterocycles. The molecular weight excluding hydrogens is 320 g/mol. The molecule has 0 aliphatic carbocycles. The SMILES string of the molecule is Cc1c(C)c(C)c(C(C(=O)O)c2c(C)c(C)c(C)c(C)c2C)c(C)c1C. The second kappa shape index (κ2) is 6.90. The predicted octanol–water partition coefficient (Wildman–Crippen LogP) is 5.99. The molecule has 0 aromatic heterocycles. The van der Waals surface area contributed by atoms with Gasteiger partial charge >= 0.3 is 5.97 Å². The third-order valence-electron chi connectivity index (χ3n) is 6.94. The minimum atomic E-state index is -0.771. The molecule has 0 fully saturated rings. The van der Waals surface area contributed by atoms with Crippen molar-refractivity contribution in [1.29, 1.82) is 0 Å². The number of carboxylic acids is 1. The van der Waals surface area contributed by atoms with Crippen LogP contribution < -0.4 is 0 Å². The van der Waals surface area contributed by atoms with Gasteiger partial charge in [0.15, 0.2) is 0 Å². The molecule has 0 saturated carbocycles. The van der Waals surface area contributed by atoms with Gasteiger partial charge in [-0.1, -0.05) is 0 Å². The lowest BCUT2D eigenvalue weighted by molar-refractivity contribution is -0.137. The van der Waals surface area contributed by atoms with Crippen LogP contribution in [-0.2, 0) is 4.79 Å². The number of carboxylic acid groups (broad SMARTS) is 1. The quantitative estimate of drug-likeness (QED) is 0.737. The number of hydrogen-bond donors (Lipinski definition) is 1. The van der Waals surface area contributed by atoms with Gasteiger partial charge in [-0.3, -0.25) is 4.79 Å².